The van der Waals surface area contributed by atoms with Crippen molar-refractivity contribution in [2.75, 3.05) is 0 Å². The minimum absolute atomic E-state index is 0.709. The zero-order valence-electron chi connectivity index (χ0n) is 6.96. The summed E-state index contributed by atoms with van der Waals surface area (Å²) in [7, 11) is 0. The lowest BCUT2D eigenvalue weighted by molar-refractivity contribution is 0.211. The molecule has 1 heteroatoms. The fourth-order valence-electron chi connectivity index (χ4n) is 3.18. The Bertz CT molecular complexity index is 160. The standard InChI is InChI=1S/C10H16O/c1-2-4-7(3-1)8-5-6-9-10(8)11-9/h7-10H,1-6H2. The summed E-state index contributed by atoms with van der Waals surface area (Å²) in [4.78, 5) is 0. The number of hydrogen-bond acceptors (Lipinski definition) is 1. The molecule has 0 amide bonds. The third kappa shape index (κ3) is 0.936. The van der Waals surface area contributed by atoms with E-state index in [-0.39, 0.29) is 0 Å². The van der Waals surface area contributed by atoms with Crippen LogP contribution in [0.5, 0.6) is 0 Å². The second kappa shape index (κ2) is 2.22. The van der Waals surface area contributed by atoms with Gasteiger partial charge in [-0.1, -0.05) is 25.7 Å². The summed E-state index contributed by atoms with van der Waals surface area (Å²) < 4.78 is 5.58. The van der Waals surface area contributed by atoms with Crippen LogP contribution in [0.1, 0.15) is 38.5 Å². The number of fused-ring (bicyclic) bond motifs is 1. The van der Waals surface area contributed by atoms with Crippen LogP contribution < -0.4 is 0 Å². The number of ether oxygens (including phenoxy) is 1. The largest absolute Gasteiger partial charge is 0.369 e. The molecule has 0 N–H and O–H groups in total. The molecule has 0 aromatic rings. The molecule has 2 aliphatic carbocycles. The Morgan fingerprint density at radius 2 is 1.73 bits per heavy atom. The molecule has 1 heterocycles. The quantitative estimate of drug-likeness (QED) is 0.525. The predicted molar refractivity (Wildman–Crippen MR) is 43.3 cm³/mol. The molecular weight excluding hydrogens is 136 g/mol. The van der Waals surface area contributed by atoms with E-state index in [1.54, 1.807) is 0 Å². The lowest BCUT2D eigenvalue weighted by Gasteiger charge is -2.17. The molecule has 3 aliphatic rings. The lowest BCUT2D eigenvalue weighted by atomic mass is 9.89. The molecule has 0 bridgehead atoms. The van der Waals surface area contributed by atoms with E-state index < -0.39 is 0 Å². The van der Waals surface area contributed by atoms with Crippen molar-refractivity contribution in [3.05, 3.63) is 0 Å². The highest BCUT2D eigenvalue weighted by Crippen LogP contribution is 2.50. The van der Waals surface area contributed by atoms with Crippen LogP contribution in [-0.4, -0.2) is 12.2 Å². The molecule has 11 heavy (non-hydrogen) atoms. The van der Waals surface area contributed by atoms with Gasteiger partial charge in [-0.2, -0.15) is 0 Å². The first-order chi connectivity index (χ1) is 5.45. The molecule has 1 nitrogen and oxygen atoms in total. The van der Waals surface area contributed by atoms with Gasteiger partial charge in [0.25, 0.3) is 0 Å². The molecule has 2 saturated carbocycles. The zero-order valence-corrected chi connectivity index (χ0v) is 6.96. The third-order valence-electron chi connectivity index (χ3n) is 3.83. The molecule has 1 aliphatic heterocycles. The second-order valence-corrected chi connectivity index (χ2v) is 4.42. The van der Waals surface area contributed by atoms with Crippen molar-refractivity contribution < 1.29 is 4.74 Å². The Morgan fingerprint density at radius 3 is 2.27 bits per heavy atom. The topological polar surface area (TPSA) is 12.5 Å². The van der Waals surface area contributed by atoms with Crippen LogP contribution >= 0.6 is 0 Å². The molecule has 1 saturated heterocycles. The van der Waals surface area contributed by atoms with Crippen LogP contribution in [0.4, 0.5) is 0 Å². The monoisotopic (exact) mass is 152 g/mol. The molecule has 62 valence electrons. The Balaban J connectivity index is 1.68. The van der Waals surface area contributed by atoms with Gasteiger partial charge >= 0.3 is 0 Å². The summed E-state index contributed by atoms with van der Waals surface area (Å²) in [5.74, 6) is 2.02. The van der Waals surface area contributed by atoms with Gasteiger partial charge in [-0.3, -0.25) is 0 Å². The average Bonchev–Trinajstić information content (AvgIpc) is 2.54. The van der Waals surface area contributed by atoms with Gasteiger partial charge < -0.3 is 4.74 Å². The summed E-state index contributed by atoms with van der Waals surface area (Å²) >= 11 is 0. The molecular formula is C10H16O. The maximum Gasteiger partial charge on any atom is 0.0872 e. The van der Waals surface area contributed by atoms with E-state index in [0.717, 1.165) is 17.9 Å². The van der Waals surface area contributed by atoms with Crippen molar-refractivity contribution in [3.8, 4) is 0 Å². The highest BCUT2D eigenvalue weighted by atomic mass is 16.6. The van der Waals surface area contributed by atoms with Crippen LogP contribution in [0.3, 0.4) is 0 Å². The van der Waals surface area contributed by atoms with Crippen LogP contribution in [0.2, 0.25) is 0 Å². The first-order valence-electron chi connectivity index (χ1n) is 5.10. The SMILES string of the molecule is C1CCC(C2CCC3OC32)C1. The minimum atomic E-state index is 0.709. The Kier molecular flexibility index (Phi) is 1.31. The molecule has 3 unspecified atom stereocenters. The smallest absolute Gasteiger partial charge is 0.0872 e. The first kappa shape index (κ1) is 6.47. The molecule has 3 rings (SSSR count). The summed E-state index contributed by atoms with van der Waals surface area (Å²) in [5, 5.41) is 0. The van der Waals surface area contributed by atoms with E-state index in [1.807, 2.05) is 0 Å². The Morgan fingerprint density at radius 1 is 0.909 bits per heavy atom. The molecule has 3 atom stereocenters. The maximum atomic E-state index is 5.58. The first-order valence-corrected chi connectivity index (χ1v) is 5.10. The van der Waals surface area contributed by atoms with Crippen LogP contribution in [-0.2, 0) is 4.74 Å². The van der Waals surface area contributed by atoms with E-state index in [2.05, 4.69) is 0 Å². The minimum Gasteiger partial charge on any atom is -0.369 e. The van der Waals surface area contributed by atoms with Gasteiger partial charge in [-0.05, 0) is 24.7 Å². The lowest BCUT2D eigenvalue weighted by Crippen LogP contribution is -2.14. The van der Waals surface area contributed by atoms with E-state index in [9.17, 15) is 0 Å². The van der Waals surface area contributed by atoms with Crippen molar-refractivity contribution >= 4 is 0 Å². The van der Waals surface area contributed by atoms with Crippen molar-refractivity contribution in [2.45, 2.75) is 50.7 Å². The van der Waals surface area contributed by atoms with Gasteiger partial charge in [0.1, 0.15) is 0 Å². The van der Waals surface area contributed by atoms with E-state index in [0.29, 0.717) is 6.10 Å². The predicted octanol–water partition coefficient (Wildman–Crippen LogP) is 2.35. The number of epoxide rings is 1. The maximum absolute atomic E-state index is 5.58. The molecule has 0 spiro atoms. The highest BCUT2D eigenvalue weighted by molar-refractivity contribution is 5.00. The fourth-order valence-corrected chi connectivity index (χ4v) is 3.18. The van der Waals surface area contributed by atoms with E-state index in [1.165, 1.54) is 38.5 Å². The van der Waals surface area contributed by atoms with Crippen molar-refractivity contribution in [1.82, 2.24) is 0 Å². The molecule has 0 aromatic carbocycles. The molecule has 0 aromatic heterocycles. The van der Waals surface area contributed by atoms with Gasteiger partial charge in [-0.15, -0.1) is 0 Å². The Hall–Kier alpha value is -0.0400. The fraction of sp³-hybridized carbons (Fsp3) is 1.00. The Labute approximate surface area is 68.1 Å². The van der Waals surface area contributed by atoms with Gasteiger partial charge in [0, 0.05) is 0 Å². The molecule has 0 radical (unpaired) electrons. The van der Waals surface area contributed by atoms with Gasteiger partial charge in [0.05, 0.1) is 12.2 Å². The average molecular weight is 152 g/mol. The summed E-state index contributed by atoms with van der Waals surface area (Å²) in [5.41, 5.74) is 0. The normalized spacial score (nSPS) is 49.6. The van der Waals surface area contributed by atoms with Crippen LogP contribution in [0, 0.1) is 11.8 Å². The van der Waals surface area contributed by atoms with Gasteiger partial charge in [-0.25, -0.2) is 0 Å². The van der Waals surface area contributed by atoms with Crippen molar-refractivity contribution in [1.29, 1.82) is 0 Å². The zero-order chi connectivity index (χ0) is 7.26. The van der Waals surface area contributed by atoms with E-state index in [4.69, 9.17) is 4.74 Å². The highest BCUT2D eigenvalue weighted by Gasteiger charge is 2.52. The van der Waals surface area contributed by atoms with Crippen molar-refractivity contribution in [2.24, 2.45) is 11.8 Å². The number of hydrogen-bond donors (Lipinski definition) is 0. The third-order valence-corrected chi connectivity index (χ3v) is 3.83. The van der Waals surface area contributed by atoms with Crippen LogP contribution in [0.25, 0.3) is 0 Å². The summed E-state index contributed by atoms with van der Waals surface area (Å²) in [6, 6.07) is 0. The van der Waals surface area contributed by atoms with Gasteiger partial charge in [0.2, 0.25) is 0 Å². The van der Waals surface area contributed by atoms with Gasteiger partial charge in [0.15, 0.2) is 0 Å². The second-order valence-electron chi connectivity index (χ2n) is 4.42. The number of rotatable bonds is 1. The molecule has 3 fully saturated rings. The summed E-state index contributed by atoms with van der Waals surface area (Å²) in [6.07, 6.45) is 10.2. The summed E-state index contributed by atoms with van der Waals surface area (Å²) in [6.45, 7) is 0. The van der Waals surface area contributed by atoms with E-state index >= 15 is 0 Å². The van der Waals surface area contributed by atoms with Crippen molar-refractivity contribution in [3.63, 3.8) is 0 Å². The van der Waals surface area contributed by atoms with Crippen LogP contribution in [0.15, 0.2) is 0 Å².